The highest BCUT2D eigenvalue weighted by atomic mass is 15.2. The molecule has 0 amide bonds. The molecule has 1 unspecified atom stereocenters. The molecule has 284 valence electrons. The molecule has 60 heavy (non-hydrogen) atoms. The van der Waals surface area contributed by atoms with Crippen LogP contribution >= 0.6 is 0 Å². The van der Waals surface area contributed by atoms with Crippen LogP contribution in [0, 0.1) is 0 Å². The van der Waals surface area contributed by atoms with Gasteiger partial charge in [0.1, 0.15) is 0 Å². The summed E-state index contributed by atoms with van der Waals surface area (Å²) >= 11 is 0. The van der Waals surface area contributed by atoms with Gasteiger partial charge in [-0.05, 0) is 103 Å². The number of hydrogen-bond donors (Lipinski definition) is 0. The molecule has 1 atom stereocenters. The molecule has 0 heterocycles. The van der Waals surface area contributed by atoms with Gasteiger partial charge < -0.3 is 4.90 Å². The first-order chi connectivity index (χ1) is 29.8. The summed E-state index contributed by atoms with van der Waals surface area (Å²) in [5, 5.41) is 2.55. The molecule has 2 aliphatic rings. The minimum Gasteiger partial charge on any atom is -0.334 e. The first-order valence-electron chi connectivity index (χ1n) is 21.0. The Morgan fingerprint density at radius 3 is 1.67 bits per heavy atom. The summed E-state index contributed by atoms with van der Waals surface area (Å²) in [4.78, 5) is 2.54. The minimum atomic E-state index is -0.491. The summed E-state index contributed by atoms with van der Waals surface area (Å²) in [6.07, 6.45) is 8.16. The van der Waals surface area contributed by atoms with E-state index in [2.05, 4.69) is 248 Å². The van der Waals surface area contributed by atoms with Crippen LogP contribution in [0.3, 0.4) is 0 Å². The molecular weight excluding hydrogens is 723 g/mol. The number of para-hydroxylation sites is 1. The van der Waals surface area contributed by atoms with Crippen molar-refractivity contribution in [3.63, 3.8) is 0 Å². The third kappa shape index (κ3) is 5.85. The molecule has 9 aromatic carbocycles. The van der Waals surface area contributed by atoms with E-state index in [1.807, 2.05) is 0 Å². The topological polar surface area (TPSA) is 3.24 Å². The lowest BCUT2D eigenvalue weighted by molar-refractivity contribution is 0.775. The molecule has 0 saturated carbocycles. The van der Waals surface area contributed by atoms with Crippen LogP contribution in [0.2, 0.25) is 0 Å². The highest BCUT2D eigenvalue weighted by molar-refractivity contribution is 6.06. The van der Waals surface area contributed by atoms with E-state index >= 15 is 0 Å². The Morgan fingerprint density at radius 2 is 1.00 bits per heavy atom. The van der Waals surface area contributed by atoms with Crippen LogP contribution in [0.1, 0.15) is 34.2 Å². The molecule has 0 aliphatic heterocycles. The van der Waals surface area contributed by atoms with Gasteiger partial charge in [0, 0.05) is 16.9 Å². The van der Waals surface area contributed by atoms with Gasteiger partial charge in [-0.1, -0.05) is 218 Å². The molecule has 0 aromatic heterocycles. The van der Waals surface area contributed by atoms with Gasteiger partial charge in [-0.25, -0.2) is 0 Å². The average Bonchev–Trinajstić information content (AvgIpc) is 3.65. The van der Waals surface area contributed by atoms with Gasteiger partial charge in [0.15, 0.2) is 0 Å². The maximum absolute atomic E-state index is 2.54. The van der Waals surface area contributed by atoms with E-state index in [9.17, 15) is 0 Å². The molecule has 0 bridgehead atoms. The summed E-state index contributed by atoms with van der Waals surface area (Å²) in [5.74, 6) is 0. The molecular formula is C59H43N. The highest BCUT2D eigenvalue weighted by Gasteiger charge is 2.48. The standard InChI is InChI=1S/C59H43N/c1-5-19-42(20-6-1)43-33-37-49(38-34-43)60(56-32-18-16-28-51(56)44-21-7-2-8-22-44)50-39-35-45(36-40-50)54-41-46-23-13-14-29-52(46)58-57(54)53-30-15-17-31-55(53)59(58,47-24-9-3-10-25-47)48-26-11-4-12-27-48/h1-39,41,50H,40H2. The Hall–Kier alpha value is -7.48. The van der Waals surface area contributed by atoms with Crippen molar-refractivity contribution in [3.8, 4) is 33.4 Å². The number of anilines is 2. The third-order valence-corrected chi connectivity index (χ3v) is 12.7. The van der Waals surface area contributed by atoms with Crippen molar-refractivity contribution in [2.45, 2.75) is 17.9 Å². The second-order valence-corrected chi connectivity index (χ2v) is 15.9. The van der Waals surface area contributed by atoms with Crippen molar-refractivity contribution in [2.75, 3.05) is 4.90 Å². The van der Waals surface area contributed by atoms with E-state index in [0.717, 1.165) is 6.42 Å². The fourth-order valence-electron chi connectivity index (χ4n) is 10.1. The van der Waals surface area contributed by atoms with Gasteiger partial charge in [-0.15, -0.1) is 0 Å². The van der Waals surface area contributed by atoms with Crippen molar-refractivity contribution in [1.82, 2.24) is 0 Å². The fraction of sp³-hybridized carbons (Fsp3) is 0.0508. The smallest absolute Gasteiger partial charge is 0.0719 e. The van der Waals surface area contributed by atoms with Crippen LogP contribution in [0.15, 0.2) is 243 Å². The number of rotatable bonds is 8. The second-order valence-electron chi connectivity index (χ2n) is 15.9. The maximum atomic E-state index is 2.54. The van der Waals surface area contributed by atoms with Crippen molar-refractivity contribution in [2.24, 2.45) is 0 Å². The highest BCUT2D eigenvalue weighted by Crippen LogP contribution is 2.60. The van der Waals surface area contributed by atoms with Gasteiger partial charge in [0.25, 0.3) is 0 Å². The third-order valence-electron chi connectivity index (χ3n) is 12.7. The Labute approximate surface area is 352 Å². The molecule has 11 rings (SSSR count). The van der Waals surface area contributed by atoms with Crippen LogP contribution in [-0.2, 0) is 5.41 Å². The van der Waals surface area contributed by atoms with E-state index in [1.54, 1.807) is 0 Å². The number of nitrogens with zero attached hydrogens (tertiary/aromatic N) is 1. The largest absolute Gasteiger partial charge is 0.334 e. The van der Waals surface area contributed by atoms with Crippen LogP contribution in [0.4, 0.5) is 11.4 Å². The molecule has 0 saturated heterocycles. The number of hydrogen-bond acceptors (Lipinski definition) is 1. The number of fused-ring (bicyclic) bond motifs is 5. The van der Waals surface area contributed by atoms with E-state index in [-0.39, 0.29) is 6.04 Å². The Morgan fingerprint density at radius 1 is 0.450 bits per heavy atom. The van der Waals surface area contributed by atoms with E-state index < -0.39 is 5.41 Å². The van der Waals surface area contributed by atoms with Crippen LogP contribution in [-0.4, -0.2) is 6.04 Å². The minimum absolute atomic E-state index is 0.0923. The van der Waals surface area contributed by atoms with Gasteiger partial charge in [-0.2, -0.15) is 0 Å². The first kappa shape index (κ1) is 35.7. The zero-order valence-corrected chi connectivity index (χ0v) is 33.3. The average molecular weight is 766 g/mol. The SMILES string of the molecule is C1=CC(N(c2ccc(-c3ccccc3)cc2)c2ccccc2-c2ccccc2)CC=C1c1cc2ccccc2c2c1-c1ccccc1C2(c1ccccc1)c1ccccc1. The molecule has 0 fully saturated rings. The summed E-state index contributed by atoms with van der Waals surface area (Å²) in [7, 11) is 0. The summed E-state index contributed by atoms with van der Waals surface area (Å²) < 4.78 is 0. The van der Waals surface area contributed by atoms with E-state index in [0.29, 0.717) is 0 Å². The Bertz CT molecular complexity index is 3000. The zero-order valence-electron chi connectivity index (χ0n) is 33.3. The lowest BCUT2D eigenvalue weighted by atomic mass is 9.66. The summed E-state index contributed by atoms with van der Waals surface area (Å²) in [6.45, 7) is 0. The molecule has 2 aliphatic carbocycles. The predicted octanol–water partition coefficient (Wildman–Crippen LogP) is 15.1. The predicted molar refractivity (Wildman–Crippen MR) is 253 cm³/mol. The summed E-state index contributed by atoms with van der Waals surface area (Å²) in [5.41, 5.74) is 17.2. The lowest BCUT2D eigenvalue weighted by Crippen LogP contribution is -2.30. The van der Waals surface area contributed by atoms with Crippen molar-refractivity contribution >= 4 is 27.7 Å². The van der Waals surface area contributed by atoms with Gasteiger partial charge >= 0.3 is 0 Å². The van der Waals surface area contributed by atoms with Crippen LogP contribution in [0.5, 0.6) is 0 Å². The van der Waals surface area contributed by atoms with Crippen molar-refractivity contribution < 1.29 is 0 Å². The van der Waals surface area contributed by atoms with E-state index in [4.69, 9.17) is 0 Å². The van der Waals surface area contributed by atoms with Gasteiger partial charge in [-0.3, -0.25) is 0 Å². The normalized spacial score (nSPS) is 14.9. The zero-order chi connectivity index (χ0) is 39.9. The summed E-state index contributed by atoms with van der Waals surface area (Å²) in [6, 6.07) is 82.3. The Kier molecular flexibility index (Phi) is 8.94. The molecule has 1 heteroatoms. The maximum Gasteiger partial charge on any atom is 0.0719 e. The van der Waals surface area contributed by atoms with Crippen LogP contribution < -0.4 is 4.90 Å². The van der Waals surface area contributed by atoms with Crippen LogP contribution in [0.25, 0.3) is 49.7 Å². The fourth-order valence-corrected chi connectivity index (χ4v) is 10.1. The molecule has 0 N–H and O–H groups in total. The monoisotopic (exact) mass is 765 g/mol. The van der Waals surface area contributed by atoms with Gasteiger partial charge in [0.05, 0.1) is 11.5 Å². The number of allylic oxidation sites excluding steroid dienone is 2. The lowest BCUT2D eigenvalue weighted by Gasteiger charge is -2.35. The number of benzene rings is 9. The van der Waals surface area contributed by atoms with Crippen molar-refractivity contribution in [1.29, 1.82) is 0 Å². The quantitative estimate of drug-likeness (QED) is 0.149. The molecule has 9 aromatic rings. The molecule has 0 radical (unpaired) electrons. The second kappa shape index (κ2) is 15.0. The Balaban J connectivity index is 1.08. The molecule has 0 spiro atoms. The van der Waals surface area contributed by atoms with E-state index in [1.165, 1.54) is 88.9 Å². The van der Waals surface area contributed by atoms with Gasteiger partial charge in [0.2, 0.25) is 0 Å². The van der Waals surface area contributed by atoms with Crippen molar-refractivity contribution in [3.05, 3.63) is 271 Å². The first-order valence-corrected chi connectivity index (χ1v) is 21.0. The molecule has 1 nitrogen and oxygen atoms in total.